The van der Waals surface area contributed by atoms with E-state index in [1.165, 1.54) is 23.3 Å². The molecule has 118 valence electrons. The van der Waals surface area contributed by atoms with Crippen LogP contribution in [-0.2, 0) is 19.5 Å². The van der Waals surface area contributed by atoms with Crippen molar-refractivity contribution in [3.63, 3.8) is 0 Å². The highest BCUT2D eigenvalue weighted by atomic mass is 19.1. The summed E-state index contributed by atoms with van der Waals surface area (Å²) in [6.07, 6.45) is 0.879. The molecule has 2 aromatic carbocycles. The van der Waals surface area contributed by atoms with Gasteiger partial charge >= 0.3 is 0 Å². The fourth-order valence-electron chi connectivity index (χ4n) is 2.37. The lowest BCUT2D eigenvalue weighted by molar-refractivity contribution is 0.402. The van der Waals surface area contributed by atoms with Gasteiger partial charge in [-0.2, -0.15) is 0 Å². The van der Waals surface area contributed by atoms with Crippen LogP contribution in [0.5, 0.6) is 0 Å². The quantitative estimate of drug-likeness (QED) is 0.789. The molecule has 22 heavy (non-hydrogen) atoms. The average molecular weight is 304 g/mol. The minimum Gasteiger partial charge on any atom is -0.312 e. The number of benzene rings is 2. The minimum atomic E-state index is -0.543. The smallest absolute Gasteiger partial charge is 0.130 e. The lowest BCUT2D eigenvalue weighted by Gasteiger charge is -2.11. The highest BCUT2D eigenvalue weighted by Crippen LogP contribution is 2.10. The van der Waals surface area contributed by atoms with Crippen LogP contribution in [0.4, 0.5) is 8.78 Å². The van der Waals surface area contributed by atoms with Gasteiger partial charge in [-0.25, -0.2) is 8.78 Å². The molecule has 2 rings (SSSR count). The maximum atomic E-state index is 13.5. The first-order chi connectivity index (χ1) is 10.5. The van der Waals surface area contributed by atoms with E-state index >= 15 is 0 Å². The molecule has 0 unspecified atom stereocenters. The van der Waals surface area contributed by atoms with E-state index in [1.807, 2.05) is 14.1 Å². The molecule has 0 radical (unpaired) electrons. The van der Waals surface area contributed by atoms with Gasteiger partial charge in [0.15, 0.2) is 0 Å². The molecule has 0 bridgehead atoms. The summed E-state index contributed by atoms with van der Waals surface area (Å²) in [6.45, 7) is 2.08. The van der Waals surface area contributed by atoms with Crippen LogP contribution in [0.2, 0.25) is 0 Å². The molecule has 4 heteroatoms. The van der Waals surface area contributed by atoms with Crippen molar-refractivity contribution in [1.29, 1.82) is 0 Å². The van der Waals surface area contributed by atoms with Gasteiger partial charge in [0.1, 0.15) is 11.6 Å². The second-order valence-corrected chi connectivity index (χ2v) is 5.72. The van der Waals surface area contributed by atoms with Gasteiger partial charge in [-0.05, 0) is 44.3 Å². The Kier molecular flexibility index (Phi) is 6.04. The Morgan fingerprint density at radius 3 is 2.50 bits per heavy atom. The molecule has 2 aromatic rings. The van der Waals surface area contributed by atoms with Crippen LogP contribution in [0.3, 0.4) is 0 Å². The van der Waals surface area contributed by atoms with Gasteiger partial charge in [0.25, 0.3) is 0 Å². The molecular weight excluding hydrogens is 282 g/mol. The van der Waals surface area contributed by atoms with Crippen molar-refractivity contribution in [2.24, 2.45) is 0 Å². The summed E-state index contributed by atoms with van der Waals surface area (Å²) >= 11 is 0. The normalized spacial score (nSPS) is 11.1. The predicted molar refractivity (Wildman–Crippen MR) is 85.6 cm³/mol. The van der Waals surface area contributed by atoms with Gasteiger partial charge in [0.05, 0.1) is 0 Å². The molecule has 0 aliphatic heterocycles. The van der Waals surface area contributed by atoms with Crippen LogP contribution in [-0.4, -0.2) is 25.5 Å². The lowest BCUT2D eigenvalue weighted by Crippen LogP contribution is -2.17. The standard InChI is InChI=1S/C18H22F2N2/c1-22(2)13-15-5-3-4-14(10-15)8-9-21-12-16-6-7-17(19)11-18(16)20/h3-7,10-11,21H,8-9,12-13H2,1-2H3. The monoisotopic (exact) mass is 304 g/mol. The van der Waals surface area contributed by atoms with Crippen molar-refractivity contribution < 1.29 is 8.78 Å². The second-order valence-electron chi connectivity index (χ2n) is 5.72. The van der Waals surface area contributed by atoms with Crippen molar-refractivity contribution in [1.82, 2.24) is 10.2 Å². The van der Waals surface area contributed by atoms with Gasteiger partial charge in [0.2, 0.25) is 0 Å². The first kappa shape index (κ1) is 16.6. The SMILES string of the molecule is CN(C)Cc1cccc(CCNCc2ccc(F)cc2F)c1. The Labute approximate surface area is 130 Å². The van der Waals surface area contributed by atoms with Crippen molar-refractivity contribution in [3.8, 4) is 0 Å². The lowest BCUT2D eigenvalue weighted by atomic mass is 10.1. The Hall–Kier alpha value is -1.78. The zero-order valence-electron chi connectivity index (χ0n) is 13.1. The third-order valence-electron chi connectivity index (χ3n) is 3.41. The number of halogens is 2. The average Bonchev–Trinajstić information content (AvgIpc) is 2.45. The number of nitrogens with one attached hydrogen (secondary N) is 1. The Morgan fingerprint density at radius 2 is 1.77 bits per heavy atom. The van der Waals surface area contributed by atoms with Crippen molar-refractivity contribution in [2.75, 3.05) is 20.6 Å². The molecule has 0 aromatic heterocycles. The third-order valence-corrected chi connectivity index (χ3v) is 3.41. The van der Waals surface area contributed by atoms with Gasteiger partial charge in [-0.1, -0.05) is 30.3 Å². The molecule has 0 atom stereocenters. The number of rotatable bonds is 7. The molecule has 0 aliphatic carbocycles. The fraction of sp³-hybridized carbons (Fsp3) is 0.333. The summed E-state index contributed by atoms with van der Waals surface area (Å²) in [7, 11) is 4.09. The number of nitrogens with zero attached hydrogens (tertiary/aromatic N) is 1. The van der Waals surface area contributed by atoms with Crippen molar-refractivity contribution in [2.45, 2.75) is 19.5 Å². The van der Waals surface area contributed by atoms with Crippen molar-refractivity contribution >= 4 is 0 Å². The van der Waals surface area contributed by atoms with E-state index in [-0.39, 0.29) is 0 Å². The van der Waals surface area contributed by atoms with E-state index in [0.29, 0.717) is 12.1 Å². The van der Waals surface area contributed by atoms with Crippen LogP contribution < -0.4 is 5.32 Å². The zero-order chi connectivity index (χ0) is 15.9. The summed E-state index contributed by atoms with van der Waals surface area (Å²) in [4.78, 5) is 2.13. The van der Waals surface area contributed by atoms with Crippen LogP contribution in [0, 0.1) is 11.6 Å². The molecule has 0 saturated heterocycles. The third kappa shape index (κ3) is 5.20. The summed E-state index contributed by atoms with van der Waals surface area (Å²) in [5.41, 5.74) is 3.03. The van der Waals surface area contributed by atoms with Crippen molar-refractivity contribution in [3.05, 3.63) is 70.8 Å². The molecule has 0 amide bonds. The van der Waals surface area contributed by atoms with E-state index in [9.17, 15) is 8.78 Å². The van der Waals surface area contributed by atoms with Gasteiger partial charge in [-0.15, -0.1) is 0 Å². The largest absolute Gasteiger partial charge is 0.312 e. The first-order valence-corrected chi connectivity index (χ1v) is 7.42. The highest BCUT2D eigenvalue weighted by molar-refractivity contribution is 5.24. The number of hydrogen-bond acceptors (Lipinski definition) is 2. The van der Waals surface area contributed by atoms with Gasteiger partial charge in [-0.3, -0.25) is 0 Å². The molecule has 2 nitrogen and oxygen atoms in total. The first-order valence-electron chi connectivity index (χ1n) is 7.42. The molecule has 0 spiro atoms. The second kappa shape index (κ2) is 8.01. The topological polar surface area (TPSA) is 15.3 Å². The van der Waals surface area contributed by atoms with E-state index in [2.05, 4.69) is 34.5 Å². The Balaban J connectivity index is 1.81. The summed E-state index contributed by atoms with van der Waals surface area (Å²) in [5.74, 6) is -1.04. The highest BCUT2D eigenvalue weighted by Gasteiger charge is 2.03. The van der Waals surface area contributed by atoms with Crippen LogP contribution in [0.1, 0.15) is 16.7 Å². The predicted octanol–water partition coefficient (Wildman–Crippen LogP) is 3.36. The minimum absolute atomic E-state index is 0.406. The van der Waals surface area contributed by atoms with Crippen LogP contribution in [0.25, 0.3) is 0 Å². The molecule has 0 aliphatic rings. The van der Waals surface area contributed by atoms with Crippen LogP contribution in [0.15, 0.2) is 42.5 Å². The Bertz CT molecular complexity index is 612. The summed E-state index contributed by atoms with van der Waals surface area (Å²) < 4.78 is 26.3. The van der Waals surface area contributed by atoms with E-state index in [0.717, 1.165) is 25.6 Å². The molecule has 1 N–H and O–H groups in total. The molecule has 0 saturated carbocycles. The molecule has 0 fully saturated rings. The van der Waals surface area contributed by atoms with E-state index < -0.39 is 11.6 Å². The van der Waals surface area contributed by atoms with E-state index in [1.54, 1.807) is 0 Å². The molecule has 0 heterocycles. The summed E-state index contributed by atoms with van der Waals surface area (Å²) in [6, 6.07) is 12.2. The van der Waals surface area contributed by atoms with E-state index in [4.69, 9.17) is 0 Å². The maximum absolute atomic E-state index is 13.5. The maximum Gasteiger partial charge on any atom is 0.130 e. The van der Waals surface area contributed by atoms with Crippen LogP contribution >= 0.6 is 0 Å². The zero-order valence-corrected chi connectivity index (χ0v) is 13.1. The summed E-state index contributed by atoms with van der Waals surface area (Å²) in [5, 5.41) is 3.20. The Morgan fingerprint density at radius 1 is 1.00 bits per heavy atom. The fourth-order valence-corrected chi connectivity index (χ4v) is 2.37. The van der Waals surface area contributed by atoms with Gasteiger partial charge in [0, 0.05) is 24.7 Å². The molecular formula is C18H22F2N2. The number of hydrogen-bond donors (Lipinski definition) is 1. The van der Waals surface area contributed by atoms with Gasteiger partial charge < -0.3 is 10.2 Å².